The standard InChI is InChI=1S/C9H17NO/c1-3-9-5-4-6-10(7-9)8(2)11/h3,8,11H,4-7H2,1-2H3/b9-3+. The number of aliphatic hydroxyl groups excluding tert-OH is 1. The second-order valence-corrected chi connectivity index (χ2v) is 3.15. The van der Waals surface area contributed by atoms with Crippen LogP contribution in [0.4, 0.5) is 0 Å². The van der Waals surface area contributed by atoms with Crippen LogP contribution in [0, 0.1) is 0 Å². The molecule has 1 aliphatic heterocycles. The molecule has 1 N–H and O–H groups in total. The molecule has 0 amide bonds. The molecular weight excluding hydrogens is 138 g/mol. The number of hydrogen-bond donors (Lipinski definition) is 1. The molecule has 0 saturated carbocycles. The summed E-state index contributed by atoms with van der Waals surface area (Å²) in [7, 11) is 0. The van der Waals surface area contributed by atoms with Gasteiger partial charge >= 0.3 is 0 Å². The highest BCUT2D eigenvalue weighted by molar-refractivity contribution is 5.05. The highest BCUT2D eigenvalue weighted by Crippen LogP contribution is 2.16. The van der Waals surface area contributed by atoms with Crippen molar-refractivity contribution >= 4 is 0 Å². The van der Waals surface area contributed by atoms with Gasteiger partial charge in [-0.05, 0) is 26.7 Å². The van der Waals surface area contributed by atoms with E-state index in [1.54, 1.807) is 0 Å². The van der Waals surface area contributed by atoms with E-state index in [4.69, 9.17) is 0 Å². The highest BCUT2D eigenvalue weighted by Gasteiger charge is 2.16. The molecule has 2 heteroatoms. The minimum atomic E-state index is -0.287. The monoisotopic (exact) mass is 155 g/mol. The molecule has 0 bridgehead atoms. The summed E-state index contributed by atoms with van der Waals surface area (Å²) in [6.07, 6.45) is 4.27. The van der Waals surface area contributed by atoms with Crippen LogP contribution in [0.5, 0.6) is 0 Å². The molecule has 0 aromatic carbocycles. The van der Waals surface area contributed by atoms with Crippen LogP contribution in [0.25, 0.3) is 0 Å². The van der Waals surface area contributed by atoms with E-state index in [9.17, 15) is 5.11 Å². The number of allylic oxidation sites excluding steroid dienone is 1. The number of aliphatic hydroxyl groups is 1. The second-order valence-electron chi connectivity index (χ2n) is 3.15. The average Bonchev–Trinajstić information content (AvgIpc) is 2.05. The van der Waals surface area contributed by atoms with Crippen molar-refractivity contribution in [1.82, 2.24) is 4.90 Å². The van der Waals surface area contributed by atoms with Gasteiger partial charge in [-0.1, -0.05) is 11.6 Å². The van der Waals surface area contributed by atoms with Crippen LogP contribution < -0.4 is 0 Å². The zero-order chi connectivity index (χ0) is 8.27. The van der Waals surface area contributed by atoms with Gasteiger partial charge in [0.25, 0.3) is 0 Å². The van der Waals surface area contributed by atoms with Gasteiger partial charge in [0.15, 0.2) is 0 Å². The van der Waals surface area contributed by atoms with Crippen molar-refractivity contribution in [3.63, 3.8) is 0 Å². The van der Waals surface area contributed by atoms with Crippen LogP contribution >= 0.6 is 0 Å². The van der Waals surface area contributed by atoms with Gasteiger partial charge in [0, 0.05) is 13.1 Å². The lowest BCUT2D eigenvalue weighted by Gasteiger charge is -2.30. The van der Waals surface area contributed by atoms with Crippen molar-refractivity contribution in [3.8, 4) is 0 Å². The zero-order valence-electron chi connectivity index (χ0n) is 7.38. The van der Waals surface area contributed by atoms with Crippen LogP contribution in [-0.2, 0) is 0 Å². The van der Waals surface area contributed by atoms with Crippen LogP contribution in [0.3, 0.4) is 0 Å². The molecule has 1 heterocycles. The summed E-state index contributed by atoms with van der Waals surface area (Å²) in [5.41, 5.74) is 1.46. The largest absolute Gasteiger partial charge is 0.379 e. The number of rotatable bonds is 1. The van der Waals surface area contributed by atoms with E-state index < -0.39 is 0 Å². The molecule has 11 heavy (non-hydrogen) atoms. The molecule has 0 aromatic rings. The quantitative estimate of drug-likeness (QED) is 0.578. The van der Waals surface area contributed by atoms with E-state index in [2.05, 4.69) is 17.9 Å². The Morgan fingerprint density at radius 1 is 1.64 bits per heavy atom. The molecule has 1 atom stereocenters. The van der Waals surface area contributed by atoms with E-state index in [0.717, 1.165) is 13.1 Å². The highest BCUT2D eigenvalue weighted by atomic mass is 16.3. The minimum absolute atomic E-state index is 0.287. The topological polar surface area (TPSA) is 23.5 Å². The molecule has 0 radical (unpaired) electrons. The van der Waals surface area contributed by atoms with Crippen molar-refractivity contribution in [2.75, 3.05) is 13.1 Å². The normalized spacial score (nSPS) is 27.4. The molecule has 0 aliphatic carbocycles. The first kappa shape index (κ1) is 8.75. The number of piperidine rings is 1. The third-order valence-corrected chi connectivity index (χ3v) is 2.29. The molecule has 1 unspecified atom stereocenters. The first-order valence-electron chi connectivity index (χ1n) is 4.30. The summed E-state index contributed by atoms with van der Waals surface area (Å²) >= 11 is 0. The maximum Gasteiger partial charge on any atom is 0.104 e. The lowest BCUT2D eigenvalue weighted by Crippen LogP contribution is -2.38. The number of likely N-dealkylation sites (tertiary alicyclic amines) is 1. The molecule has 0 aromatic heterocycles. The van der Waals surface area contributed by atoms with E-state index in [-0.39, 0.29) is 6.23 Å². The van der Waals surface area contributed by atoms with Gasteiger partial charge in [-0.2, -0.15) is 0 Å². The van der Waals surface area contributed by atoms with Crippen molar-refractivity contribution in [2.45, 2.75) is 32.9 Å². The van der Waals surface area contributed by atoms with Crippen molar-refractivity contribution in [3.05, 3.63) is 11.6 Å². The lowest BCUT2D eigenvalue weighted by molar-refractivity contribution is 0.0176. The van der Waals surface area contributed by atoms with Crippen LogP contribution in [0.1, 0.15) is 26.7 Å². The first-order valence-corrected chi connectivity index (χ1v) is 4.30. The summed E-state index contributed by atoms with van der Waals surface area (Å²) < 4.78 is 0. The maximum atomic E-state index is 9.29. The van der Waals surface area contributed by atoms with Gasteiger partial charge in [0.2, 0.25) is 0 Å². The van der Waals surface area contributed by atoms with Gasteiger partial charge in [-0.25, -0.2) is 0 Å². The van der Waals surface area contributed by atoms with Gasteiger partial charge in [-0.15, -0.1) is 0 Å². The second kappa shape index (κ2) is 3.88. The average molecular weight is 155 g/mol. The van der Waals surface area contributed by atoms with Gasteiger partial charge in [0.05, 0.1) is 0 Å². The van der Waals surface area contributed by atoms with Gasteiger partial charge in [-0.3, -0.25) is 4.90 Å². The van der Waals surface area contributed by atoms with Gasteiger partial charge in [0.1, 0.15) is 6.23 Å². The molecule has 1 aliphatic rings. The Kier molecular flexibility index (Phi) is 3.09. The van der Waals surface area contributed by atoms with E-state index in [0.29, 0.717) is 0 Å². The van der Waals surface area contributed by atoms with Crippen molar-refractivity contribution in [2.24, 2.45) is 0 Å². The van der Waals surface area contributed by atoms with Crippen LogP contribution in [0.15, 0.2) is 11.6 Å². The smallest absolute Gasteiger partial charge is 0.104 e. The molecule has 1 fully saturated rings. The fraction of sp³-hybridized carbons (Fsp3) is 0.778. The SMILES string of the molecule is C/C=C1\CCCN(C(C)O)C1. The van der Waals surface area contributed by atoms with Crippen molar-refractivity contribution in [1.29, 1.82) is 0 Å². The number of hydrogen-bond acceptors (Lipinski definition) is 2. The summed E-state index contributed by atoms with van der Waals surface area (Å²) in [5.74, 6) is 0. The summed E-state index contributed by atoms with van der Waals surface area (Å²) in [6.45, 7) is 5.89. The van der Waals surface area contributed by atoms with E-state index in [1.807, 2.05) is 6.92 Å². The predicted molar refractivity (Wildman–Crippen MR) is 46.2 cm³/mol. The molecule has 2 nitrogen and oxygen atoms in total. The summed E-state index contributed by atoms with van der Waals surface area (Å²) in [4.78, 5) is 2.10. The van der Waals surface area contributed by atoms with E-state index in [1.165, 1.54) is 18.4 Å². The molecule has 1 saturated heterocycles. The molecule has 0 spiro atoms. The Morgan fingerprint density at radius 3 is 2.91 bits per heavy atom. The molecule has 1 rings (SSSR count). The third kappa shape index (κ3) is 2.31. The summed E-state index contributed by atoms with van der Waals surface area (Å²) in [5, 5.41) is 9.29. The third-order valence-electron chi connectivity index (χ3n) is 2.29. The predicted octanol–water partition coefficient (Wildman–Crippen LogP) is 1.37. The Morgan fingerprint density at radius 2 is 2.36 bits per heavy atom. The number of nitrogens with zero attached hydrogens (tertiary/aromatic N) is 1. The fourth-order valence-electron chi connectivity index (χ4n) is 1.48. The Hall–Kier alpha value is -0.340. The minimum Gasteiger partial charge on any atom is -0.379 e. The lowest BCUT2D eigenvalue weighted by atomic mass is 10.0. The molecule has 64 valence electrons. The first-order chi connectivity index (χ1) is 5.24. The summed E-state index contributed by atoms with van der Waals surface area (Å²) in [6, 6.07) is 0. The van der Waals surface area contributed by atoms with Crippen LogP contribution in [-0.4, -0.2) is 29.3 Å². The fourth-order valence-corrected chi connectivity index (χ4v) is 1.48. The van der Waals surface area contributed by atoms with Gasteiger partial charge < -0.3 is 5.11 Å². The van der Waals surface area contributed by atoms with Crippen molar-refractivity contribution < 1.29 is 5.11 Å². The Labute approximate surface area is 68.5 Å². The van der Waals surface area contributed by atoms with E-state index >= 15 is 0 Å². The zero-order valence-corrected chi connectivity index (χ0v) is 7.38. The molecular formula is C9H17NO. The Balaban J connectivity index is 2.46. The maximum absolute atomic E-state index is 9.29. The van der Waals surface area contributed by atoms with Crippen LogP contribution in [0.2, 0.25) is 0 Å². The Bertz CT molecular complexity index is 152.